The predicted molar refractivity (Wildman–Crippen MR) is 82.7 cm³/mol. The normalized spacial score (nSPS) is 10.3. The van der Waals surface area contributed by atoms with Crippen LogP contribution in [0, 0.1) is 6.92 Å². The molecule has 0 unspecified atom stereocenters. The van der Waals surface area contributed by atoms with E-state index in [4.69, 9.17) is 17.3 Å². The first kappa shape index (κ1) is 13.9. The Kier molecular flexibility index (Phi) is 4.12. The Bertz CT molecular complexity index is 643. The van der Waals surface area contributed by atoms with Gasteiger partial charge in [-0.3, -0.25) is 4.79 Å². The third kappa shape index (κ3) is 3.28. The average molecular weight is 340 g/mol. The van der Waals surface area contributed by atoms with E-state index < -0.39 is 0 Å². The number of amides is 1. The van der Waals surface area contributed by atoms with Crippen LogP contribution in [-0.4, -0.2) is 5.91 Å². The molecule has 0 aromatic heterocycles. The average Bonchev–Trinajstić information content (AvgIpc) is 2.37. The summed E-state index contributed by atoms with van der Waals surface area (Å²) in [6, 6.07) is 10.4. The van der Waals surface area contributed by atoms with Gasteiger partial charge in [-0.25, -0.2) is 0 Å². The smallest absolute Gasteiger partial charge is 0.255 e. The third-order valence-corrected chi connectivity index (χ3v) is 3.77. The quantitative estimate of drug-likeness (QED) is 0.804. The van der Waals surface area contributed by atoms with Crippen LogP contribution in [0.15, 0.2) is 40.9 Å². The summed E-state index contributed by atoms with van der Waals surface area (Å²) in [5.41, 5.74) is 8.34. The van der Waals surface area contributed by atoms with Crippen molar-refractivity contribution in [3.05, 3.63) is 57.0 Å². The van der Waals surface area contributed by atoms with E-state index in [1.165, 1.54) is 0 Å². The fourth-order valence-corrected chi connectivity index (χ4v) is 2.09. The topological polar surface area (TPSA) is 55.1 Å². The molecule has 0 fully saturated rings. The molecule has 2 aromatic rings. The Balaban J connectivity index is 2.25. The van der Waals surface area contributed by atoms with Crippen LogP contribution in [0.2, 0.25) is 5.02 Å². The van der Waals surface area contributed by atoms with Crippen molar-refractivity contribution in [1.82, 2.24) is 0 Å². The first-order valence-corrected chi connectivity index (χ1v) is 6.77. The molecule has 3 nitrogen and oxygen atoms in total. The molecule has 0 aliphatic carbocycles. The lowest BCUT2D eigenvalue weighted by atomic mass is 10.1. The molecule has 0 heterocycles. The zero-order valence-electron chi connectivity index (χ0n) is 10.2. The summed E-state index contributed by atoms with van der Waals surface area (Å²) in [6.07, 6.45) is 0. The van der Waals surface area contributed by atoms with E-state index in [2.05, 4.69) is 21.2 Å². The minimum atomic E-state index is -0.229. The number of anilines is 2. The minimum Gasteiger partial charge on any atom is -0.399 e. The number of nitrogens with two attached hydrogens (primary N) is 1. The second kappa shape index (κ2) is 5.63. The van der Waals surface area contributed by atoms with Gasteiger partial charge in [-0.05, 0) is 58.7 Å². The minimum absolute atomic E-state index is 0.229. The van der Waals surface area contributed by atoms with Crippen molar-refractivity contribution >= 4 is 44.8 Å². The molecule has 19 heavy (non-hydrogen) atoms. The lowest BCUT2D eigenvalue weighted by Crippen LogP contribution is -2.12. The number of nitrogen functional groups attached to an aromatic ring is 1. The number of hydrogen-bond acceptors (Lipinski definition) is 2. The monoisotopic (exact) mass is 338 g/mol. The zero-order chi connectivity index (χ0) is 14.0. The van der Waals surface area contributed by atoms with Gasteiger partial charge in [0.25, 0.3) is 5.91 Å². The van der Waals surface area contributed by atoms with Crippen molar-refractivity contribution in [3.63, 3.8) is 0 Å². The van der Waals surface area contributed by atoms with Gasteiger partial charge in [0.15, 0.2) is 0 Å². The maximum Gasteiger partial charge on any atom is 0.255 e. The van der Waals surface area contributed by atoms with Crippen LogP contribution >= 0.6 is 27.5 Å². The fourth-order valence-electron chi connectivity index (χ4n) is 1.57. The summed E-state index contributed by atoms with van der Waals surface area (Å²) < 4.78 is 0.772. The molecule has 2 rings (SSSR count). The van der Waals surface area contributed by atoms with Crippen LogP contribution in [0.1, 0.15) is 15.9 Å². The third-order valence-electron chi connectivity index (χ3n) is 2.67. The van der Waals surface area contributed by atoms with Crippen LogP contribution in [0.25, 0.3) is 0 Å². The van der Waals surface area contributed by atoms with Crippen molar-refractivity contribution in [2.75, 3.05) is 11.1 Å². The number of hydrogen-bond donors (Lipinski definition) is 2. The molecule has 98 valence electrons. The molecular weight excluding hydrogens is 328 g/mol. The molecule has 0 aliphatic rings. The molecule has 2 aromatic carbocycles. The first-order chi connectivity index (χ1) is 8.97. The highest BCUT2D eigenvalue weighted by Gasteiger charge is 2.09. The molecule has 5 heteroatoms. The fraction of sp³-hybridized carbons (Fsp3) is 0.0714. The van der Waals surface area contributed by atoms with Gasteiger partial charge < -0.3 is 11.1 Å². The van der Waals surface area contributed by atoms with Crippen LogP contribution in [0.5, 0.6) is 0 Å². The van der Waals surface area contributed by atoms with E-state index in [9.17, 15) is 4.79 Å². The molecule has 0 atom stereocenters. The Labute approximate surface area is 124 Å². The van der Waals surface area contributed by atoms with Gasteiger partial charge in [0, 0.05) is 20.7 Å². The number of benzene rings is 2. The Morgan fingerprint density at radius 1 is 1.26 bits per heavy atom. The standard InChI is InChI=1S/C14H12BrClN2O/c1-8-2-3-9(6-12(8)16)14(19)18-13-7-10(17)4-5-11(13)15/h2-7H,17H2,1H3,(H,18,19). The molecule has 0 saturated heterocycles. The first-order valence-electron chi connectivity index (χ1n) is 5.60. The molecule has 0 bridgehead atoms. The van der Waals surface area contributed by atoms with Crippen LogP contribution < -0.4 is 11.1 Å². The van der Waals surface area contributed by atoms with Crippen molar-refractivity contribution in [2.24, 2.45) is 0 Å². The van der Waals surface area contributed by atoms with Crippen molar-refractivity contribution in [2.45, 2.75) is 6.92 Å². The highest BCUT2D eigenvalue weighted by atomic mass is 79.9. The Morgan fingerprint density at radius 3 is 2.68 bits per heavy atom. The number of carbonyl (C=O) groups excluding carboxylic acids is 1. The van der Waals surface area contributed by atoms with E-state index in [0.29, 0.717) is 22.0 Å². The van der Waals surface area contributed by atoms with Gasteiger partial charge in [0.05, 0.1) is 5.69 Å². The van der Waals surface area contributed by atoms with E-state index >= 15 is 0 Å². The van der Waals surface area contributed by atoms with Gasteiger partial charge in [0.2, 0.25) is 0 Å². The number of halogens is 2. The summed E-state index contributed by atoms with van der Waals surface area (Å²) in [6.45, 7) is 1.89. The number of carbonyl (C=O) groups is 1. The molecule has 0 radical (unpaired) electrons. The van der Waals surface area contributed by atoms with Crippen LogP contribution in [-0.2, 0) is 0 Å². The maximum atomic E-state index is 12.1. The van der Waals surface area contributed by atoms with E-state index in [-0.39, 0.29) is 5.91 Å². The SMILES string of the molecule is Cc1ccc(C(=O)Nc2cc(N)ccc2Br)cc1Cl. The molecular formula is C14H12BrClN2O. The second-order valence-corrected chi connectivity index (χ2v) is 5.42. The van der Waals surface area contributed by atoms with Gasteiger partial charge in [0.1, 0.15) is 0 Å². The lowest BCUT2D eigenvalue weighted by Gasteiger charge is -2.09. The maximum absolute atomic E-state index is 12.1. The molecule has 0 aliphatic heterocycles. The highest BCUT2D eigenvalue weighted by molar-refractivity contribution is 9.10. The number of aryl methyl sites for hydroxylation is 1. The zero-order valence-corrected chi connectivity index (χ0v) is 12.5. The van der Waals surface area contributed by atoms with Crippen LogP contribution in [0.4, 0.5) is 11.4 Å². The van der Waals surface area contributed by atoms with Crippen LogP contribution in [0.3, 0.4) is 0 Å². The summed E-state index contributed by atoms with van der Waals surface area (Å²) in [5.74, 6) is -0.229. The predicted octanol–water partition coefficient (Wildman–Crippen LogP) is 4.25. The Morgan fingerprint density at radius 2 is 2.00 bits per heavy atom. The van der Waals surface area contributed by atoms with Gasteiger partial charge in [-0.2, -0.15) is 0 Å². The Hall–Kier alpha value is -1.52. The van der Waals surface area contributed by atoms with Gasteiger partial charge >= 0.3 is 0 Å². The molecule has 0 saturated carbocycles. The summed E-state index contributed by atoms with van der Waals surface area (Å²) in [4.78, 5) is 12.1. The number of nitrogens with one attached hydrogen (secondary N) is 1. The second-order valence-electron chi connectivity index (χ2n) is 4.16. The molecule has 0 spiro atoms. The lowest BCUT2D eigenvalue weighted by molar-refractivity contribution is 0.102. The van der Waals surface area contributed by atoms with E-state index in [1.807, 2.05) is 13.0 Å². The largest absolute Gasteiger partial charge is 0.399 e. The summed E-state index contributed by atoms with van der Waals surface area (Å²) in [5, 5.41) is 3.36. The van der Waals surface area contributed by atoms with Crippen molar-refractivity contribution in [3.8, 4) is 0 Å². The van der Waals surface area contributed by atoms with E-state index in [1.54, 1.807) is 30.3 Å². The van der Waals surface area contributed by atoms with Crippen molar-refractivity contribution in [1.29, 1.82) is 0 Å². The molecule has 3 N–H and O–H groups in total. The van der Waals surface area contributed by atoms with Crippen molar-refractivity contribution < 1.29 is 4.79 Å². The highest BCUT2D eigenvalue weighted by Crippen LogP contribution is 2.25. The van der Waals surface area contributed by atoms with Gasteiger partial charge in [-0.15, -0.1) is 0 Å². The van der Waals surface area contributed by atoms with E-state index in [0.717, 1.165) is 10.0 Å². The number of rotatable bonds is 2. The summed E-state index contributed by atoms with van der Waals surface area (Å²) >= 11 is 9.37. The summed E-state index contributed by atoms with van der Waals surface area (Å²) in [7, 11) is 0. The van der Waals surface area contributed by atoms with Gasteiger partial charge in [-0.1, -0.05) is 17.7 Å². The molecule has 1 amide bonds.